The number of fused-ring (bicyclic) bond motifs is 1. The smallest absolute Gasteiger partial charge is 0.228 e. The first-order chi connectivity index (χ1) is 12.1. The topological polar surface area (TPSA) is 49.3 Å². The molecule has 2 N–H and O–H groups in total. The zero-order chi connectivity index (χ0) is 17.4. The summed E-state index contributed by atoms with van der Waals surface area (Å²) in [7, 11) is 4.17. The molecule has 5 nitrogen and oxygen atoms in total. The summed E-state index contributed by atoms with van der Waals surface area (Å²) in [5.41, 5.74) is 2.39. The number of nitrogens with zero attached hydrogens (tertiary/aromatic N) is 2. The predicted molar refractivity (Wildman–Crippen MR) is 102 cm³/mol. The van der Waals surface area contributed by atoms with Crippen molar-refractivity contribution in [1.82, 2.24) is 14.8 Å². The van der Waals surface area contributed by atoms with E-state index < -0.39 is 0 Å². The van der Waals surface area contributed by atoms with Gasteiger partial charge in [0.15, 0.2) is 0 Å². The number of aromatic nitrogens is 1. The zero-order valence-electron chi connectivity index (χ0n) is 15.2. The van der Waals surface area contributed by atoms with Crippen molar-refractivity contribution in [3.63, 3.8) is 0 Å². The predicted octanol–water partition coefficient (Wildman–Crippen LogP) is 2.53. The highest BCUT2D eigenvalue weighted by atomic mass is 16.2. The molecule has 1 aromatic carbocycles. The normalized spacial score (nSPS) is 21.8. The number of hydrogen-bond acceptors (Lipinski definition) is 3. The Morgan fingerprint density at radius 2 is 2.12 bits per heavy atom. The third kappa shape index (κ3) is 3.31. The van der Waals surface area contributed by atoms with Crippen LogP contribution in [-0.2, 0) is 11.3 Å². The van der Waals surface area contributed by atoms with Crippen LogP contribution in [0.1, 0.15) is 19.3 Å². The largest absolute Gasteiger partial charge is 0.346 e. The van der Waals surface area contributed by atoms with E-state index in [-0.39, 0.29) is 17.2 Å². The minimum absolute atomic E-state index is 0.200. The van der Waals surface area contributed by atoms with Crippen LogP contribution < -0.4 is 10.6 Å². The number of carbonyl (C=O) groups excluding carboxylic acids is 1. The molecular weight excluding hydrogens is 312 g/mol. The maximum absolute atomic E-state index is 12.7. The van der Waals surface area contributed by atoms with Crippen LogP contribution in [0, 0.1) is 11.3 Å². The first kappa shape index (κ1) is 16.6. The van der Waals surface area contributed by atoms with Crippen LogP contribution in [0.3, 0.4) is 0 Å². The summed E-state index contributed by atoms with van der Waals surface area (Å²) in [6, 6.07) is 8.38. The molecule has 1 amide bonds. The molecule has 1 saturated carbocycles. The minimum atomic E-state index is 0.200. The van der Waals surface area contributed by atoms with Gasteiger partial charge in [0, 0.05) is 30.9 Å². The second-order valence-corrected chi connectivity index (χ2v) is 7.94. The van der Waals surface area contributed by atoms with E-state index in [1.54, 1.807) is 0 Å². The van der Waals surface area contributed by atoms with Crippen molar-refractivity contribution in [1.29, 1.82) is 0 Å². The van der Waals surface area contributed by atoms with E-state index in [1.165, 1.54) is 10.9 Å². The van der Waals surface area contributed by atoms with Gasteiger partial charge < -0.3 is 20.1 Å². The molecule has 25 heavy (non-hydrogen) atoms. The molecule has 1 aliphatic heterocycles. The van der Waals surface area contributed by atoms with Crippen LogP contribution in [0.2, 0.25) is 0 Å². The van der Waals surface area contributed by atoms with Crippen molar-refractivity contribution in [2.45, 2.75) is 25.8 Å². The summed E-state index contributed by atoms with van der Waals surface area (Å²) in [6.45, 7) is 4.05. The second kappa shape index (κ2) is 6.46. The summed E-state index contributed by atoms with van der Waals surface area (Å²) in [5.74, 6) is 0.401. The number of hydrogen-bond donors (Lipinski definition) is 2. The Bertz CT molecular complexity index is 773. The second-order valence-electron chi connectivity index (χ2n) is 7.94. The number of amides is 1. The first-order valence-electron chi connectivity index (χ1n) is 9.33. The fourth-order valence-corrected chi connectivity index (χ4v) is 4.19. The molecule has 1 aliphatic carbocycles. The summed E-state index contributed by atoms with van der Waals surface area (Å²) in [4.78, 5) is 14.9. The third-order valence-corrected chi connectivity index (χ3v) is 5.94. The molecule has 0 bridgehead atoms. The van der Waals surface area contributed by atoms with Gasteiger partial charge in [-0.15, -0.1) is 0 Å². The molecule has 134 valence electrons. The summed E-state index contributed by atoms with van der Waals surface area (Å²) < 4.78 is 2.26. The van der Waals surface area contributed by atoms with Crippen LogP contribution in [-0.4, -0.2) is 49.1 Å². The molecule has 1 saturated heterocycles. The number of benzene rings is 1. The Hall–Kier alpha value is -1.85. The highest BCUT2D eigenvalue weighted by molar-refractivity contribution is 5.97. The zero-order valence-corrected chi connectivity index (χ0v) is 15.2. The Labute approximate surface area is 149 Å². The Morgan fingerprint density at radius 1 is 1.32 bits per heavy atom. The van der Waals surface area contributed by atoms with Gasteiger partial charge in [0.05, 0.1) is 5.52 Å². The van der Waals surface area contributed by atoms with Crippen LogP contribution >= 0.6 is 0 Å². The van der Waals surface area contributed by atoms with E-state index in [4.69, 9.17) is 0 Å². The van der Waals surface area contributed by atoms with Crippen LogP contribution in [0.4, 0.5) is 5.69 Å². The molecule has 1 atom stereocenters. The van der Waals surface area contributed by atoms with Gasteiger partial charge in [0.25, 0.3) is 0 Å². The van der Waals surface area contributed by atoms with Crippen molar-refractivity contribution in [3.05, 3.63) is 30.5 Å². The number of piperidine rings is 1. The summed E-state index contributed by atoms with van der Waals surface area (Å²) in [5, 5.41) is 7.78. The third-order valence-electron chi connectivity index (χ3n) is 5.94. The Balaban J connectivity index is 1.46. The van der Waals surface area contributed by atoms with E-state index in [0.29, 0.717) is 0 Å². The van der Waals surface area contributed by atoms with Gasteiger partial charge in [-0.25, -0.2) is 0 Å². The molecule has 2 aliphatic rings. The van der Waals surface area contributed by atoms with E-state index in [0.717, 1.165) is 51.1 Å². The molecule has 4 rings (SSSR count). The lowest BCUT2D eigenvalue weighted by atomic mass is 9.92. The number of nitrogens with one attached hydrogen (secondary N) is 2. The molecule has 2 fully saturated rings. The van der Waals surface area contributed by atoms with Gasteiger partial charge in [-0.2, -0.15) is 0 Å². The maximum atomic E-state index is 12.7. The first-order valence-corrected chi connectivity index (χ1v) is 9.33. The van der Waals surface area contributed by atoms with E-state index in [9.17, 15) is 4.79 Å². The SMILES string of the molecule is CN(C)CCn1ccc2ccc(NC(=O)C3CC34CCNCC4)cc21. The average Bonchev–Trinajstić information content (AvgIpc) is 3.13. The van der Waals surface area contributed by atoms with E-state index in [2.05, 4.69) is 58.6 Å². The van der Waals surface area contributed by atoms with E-state index in [1.807, 2.05) is 6.07 Å². The van der Waals surface area contributed by atoms with Gasteiger partial charge in [-0.3, -0.25) is 4.79 Å². The highest BCUT2D eigenvalue weighted by Gasteiger charge is 2.57. The molecule has 1 aromatic heterocycles. The van der Waals surface area contributed by atoms with Crippen LogP contribution in [0.5, 0.6) is 0 Å². The number of rotatable bonds is 5. The molecule has 5 heteroatoms. The van der Waals surface area contributed by atoms with Crippen LogP contribution in [0.15, 0.2) is 30.5 Å². The lowest BCUT2D eigenvalue weighted by molar-refractivity contribution is -0.118. The standard InChI is InChI=1S/C20H28N4O/c1-23(2)11-12-24-10-5-15-3-4-16(13-18(15)24)22-19(25)17-14-20(17)6-8-21-9-7-20/h3-5,10,13,17,21H,6-9,11-12,14H2,1-2H3,(H,22,25). The minimum Gasteiger partial charge on any atom is -0.346 e. The fourth-order valence-electron chi connectivity index (χ4n) is 4.19. The van der Waals surface area contributed by atoms with Crippen molar-refractivity contribution in [2.24, 2.45) is 11.3 Å². The van der Waals surface area contributed by atoms with Crippen molar-refractivity contribution in [2.75, 3.05) is 39.0 Å². The number of anilines is 1. The van der Waals surface area contributed by atoms with Gasteiger partial charge in [-0.1, -0.05) is 6.07 Å². The van der Waals surface area contributed by atoms with Gasteiger partial charge in [-0.05, 0) is 75.4 Å². The van der Waals surface area contributed by atoms with Crippen molar-refractivity contribution < 1.29 is 4.79 Å². The quantitative estimate of drug-likeness (QED) is 0.879. The summed E-state index contributed by atoms with van der Waals surface area (Å²) in [6.07, 6.45) is 5.46. The van der Waals surface area contributed by atoms with Gasteiger partial charge in [0.1, 0.15) is 0 Å². The lowest BCUT2D eigenvalue weighted by Crippen LogP contribution is -2.31. The highest BCUT2D eigenvalue weighted by Crippen LogP contribution is 2.58. The molecular formula is C20H28N4O. The monoisotopic (exact) mass is 340 g/mol. The fraction of sp³-hybridized carbons (Fsp3) is 0.550. The van der Waals surface area contributed by atoms with Crippen molar-refractivity contribution >= 4 is 22.5 Å². The van der Waals surface area contributed by atoms with Gasteiger partial charge >= 0.3 is 0 Å². The number of likely N-dealkylation sites (N-methyl/N-ethyl adjacent to an activating group) is 1. The molecule has 1 spiro atoms. The average molecular weight is 340 g/mol. The van der Waals surface area contributed by atoms with Gasteiger partial charge in [0.2, 0.25) is 5.91 Å². The Kier molecular flexibility index (Phi) is 4.29. The summed E-state index contributed by atoms with van der Waals surface area (Å²) >= 11 is 0. The van der Waals surface area contributed by atoms with Crippen molar-refractivity contribution in [3.8, 4) is 0 Å². The molecule has 1 unspecified atom stereocenters. The molecule has 0 radical (unpaired) electrons. The molecule has 2 heterocycles. The lowest BCUT2D eigenvalue weighted by Gasteiger charge is -2.23. The maximum Gasteiger partial charge on any atom is 0.228 e. The number of carbonyl (C=O) groups is 1. The molecule has 2 aromatic rings. The van der Waals surface area contributed by atoms with Crippen LogP contribution in [0.25, 0.3) is 10.9 Å². The van der Waals surface area contributed by atoms with E-state index >= 15 is 0 Å². The Morgan fingerprint density at radius 3 is 2.88 bits per heavy atom.